The van der Waals surface area contributed by atoms with Crippen molar-refractivity contribution in [2.45, 2.75) is 380 Å². The van der Waals surface area contributed by atoms with Crippen LogP contribution in [0.1, 0.15) is 374 Å². The van der Waals surface area contributed by atoms with Gasteiger partial charge in [-0.15, -0.1) is 0 Å². The van der Waals surface area contributed by atoms with Crippen LogP contribution in [0.25, 0.3) is 0 Å². The summed E-state index contributed by atoms with van der Waals surface area (Å²) < 4.78 is 17.0. The molecule has 0 rings (SSSR count). The third-order valence-corrected chi connectivity index (χ3v) is 15.7. The molecule has 6 nitrogen and oxygen atoms in total. The Kier molecular flexibility index (Phi) is 66.1. The molecule has 0 aromatic rings. The van der Waals surface area contributed by atoms with Crippen LogP contribution in [-0.2, 0) is 28.6 Å². The van der Waals surface area contributed by atoms with Crippen LogP contribution < -0.4 is 0 Å². The second-order valence-electron chi connectivity index (χ2n) is 23.8. The molecule has 0 aliphatic rings. The summed E-state index contributed by atoms with van der Waals surface area (Å²) in [6.45, 7) is 6.66. The SMILES string of the molecule is CCCCCCC/C=C\C/C=C\C/C=C\CCCCCCCCCCC(=O)OC(COC(=O)CCCCCCC/C=C\CCCCCCC)COC(=O)CCCCCCCCCCCCCCC/C=C\CCCCCCCCCC. The number of rotatable bonds is 65. The van der Waals surface area contributed by atoms with Crippen LogP contribution in [0.4, 0.5) is 0 Å². The molecule has 0 saturated carbocycles. The van der Waals surface area contributed by atoms with E-state index in [9.17, 15) is 14.4 Å². The van der Waals surface area contributed by atoms with Gasteiger partial charge in [0, 0.05) is 19.3 Å². The summed E-state index contributed by atoms with van der Waals surface area (Å²) in [7, 11) is 0. The predicted octanol–water partition coefficient (Wildman–Crippen LogP) is 24.3. The minimum Gasteiger partial charge on any atom is -0.462 e. The lowest BCUT2D eigenvalue weighted by atomic mass is 10.0. The van der Waals surface area contributed by atoms with Gasteiger partial charge in [-0.3, -0.25) is 14.4 Å². The van der Waals surface area contributed by atoms with E-state index in [1.54, 1.807) is 0 Å². The second-order valence-corrected chi connectivity index (χ2v) is 23.8. The molecule has 0 radical (unpaired) electrons. The molecule has 0 amide bonds. The lowest BCUT2D eigenvalue weighted by Crippen LogP contribution is -2.30. The fourth-order valence-electron chi connectivity index (χ4n) is 10.4. The highest BCUT2D eigenvalue weighted by molar-refractivity contribution is 5.71. The number of esters is 3. The largest absolute Gasteiger partial charge is 0.462 e. The van der Waals surface area contributed by atoms with Gasteiger partial charge in [-0.2, -0.15) is 0 Å². The fourth-order valence-corrected chi connectivity index (χ4v) is 10.4. The monoisotopic (exact) mass is 1120 g/mol. The number of carbonyl (C=O) groups is 3. The molecule has 1 atom stereocenters. The zero-order valence-electron chi connectivity index (χ0n) is 53.6. The maximum Gasteiger partial charge on any atom is 0.306 e. The van der Waals surface area contributed by atoms with Gasteiger partial charge >= 0.3 is 17.9 Å². The third kappa shape index (κ3) is 65.9. The summed E-state index contributed by atoms with van der Waals surface area (Å²) in [5, 5.41) is 0. The summed E-state index contributed by atoms with van der Waals surface area (Å²) in [4.78, 5) is 38.4. The molecule has 0 aromatic heterocycles. The van der Waals surface area contributed by atoms with E-state index in [0.717, 1.165) is 83.5 Å². The van der Waals surface area contributed by atoms with E-state index in [0.29, 0.717) is 19.3 Å². The molecule has 0 spiro atoms. The first-order valence-corrected chi connectivity index (χ1v) is 35.3. The first kappa shape index (κ1) is 77.1. The van der Waals surface area contributed by atoms with Gasteiger partial charge in [-0.05, 0) is 109 Å². The molecule has 0 heterocycles. The molecule has 0 saturated heterocycles. The highest BCUT2D eigenvalue weighted by Gasteiger charge is 2.19. The average Bonchev–Trinajstić information content (AvgIpc) is 3.46. The molecule has 80 heavy (non-hydrogen) atoms. The zero-order chi connectivity index (χ0) is 57.8. The molecule has 6 heteroatoms. The van der Waals surface area contributed by atoms with Crippen LogP contribution in [0.15, 0.2) is 60.8 Å². The van der Waals surface area contributed by atoms with Crippen molar-refractivity contribution < 1.29 is 28.6 Å². The first-order valence-electron chi connectivity index (χ1n) is 35.3. The first-order chi connectivity index (χ1) is 39.5. The fraction of sp³-hybridized carbons (Fsp3) is 0.824. The van der Waals surface area contributed by atoms with Crippen molar-refractivity contribution >= 4 is 17.9 Å². The van der Waals surface area contributed by atoms with Gasteiger partial charge < -0.3 is 14.2 Å². The van der Waals surface area contributed by atoms with E-state index in [1.807, 2.05) is 0 Å². The standard InChI is InChI=1S/C74H134O6/c1-4-7-10-13-16-19-22-25-28-30-32-34-36-37-39-40-42-44-46-49-52-55-58-61-64-67-73(76)79-70-71(69-78-72(75)66-63-60-57-54-51-48-27-24-21-18-15-12-9-6-3)80-74(77)68-65-62-59-56-53-50-47-45-43-41-38-35-33-31-29-26-23-20-17-14-11-8-5-2/h23-24,26-27,30-33,38,41,71H,4-22,25,28-29,34-37,39-40,42-70H2,1-3H3/b26-23-,27-24-,32-30-,33-31-,41-38-. The van der Waals surface area contributed by atoms with Gasteiger partial charge in [-0.25, -0.2) is 0 Å². The molecule has 0 aliphatic carbocycles. The Labute approximate surface area is 498 Å². The van der Waals surface area contributed by atoms with E-state index < -0.39 is 6.10 Å². The Balaban J connectivity index is 4.30. The maximum atomic E-state index is 13.0. The predicted molar refractivity (Wildman–Crippen MR) is 348 cm³/mol. The Bertz CT molecular complexity index is 1430. The lowest BCUT2D eigenvalue weighted by molar-refractivity contribution is -0.167. The quantitative estimate of drug-likeness (QED) is 0.0261. The zero-order valence-corrected chi connectivity index (χ0v) is 53.6. The van der Waals surface area contributed by atoms with Gasteiger partial charge in [0.15, 0.2) is 6.10 Å². The van der Waals surface area contributed by atoms with Crippen LogP contribution in [0, 0.1) is 0 Å². The van der Waals surface area contributed by atoms with Crippen molar-refractivity contribution in [1.82, 2.24) is 0 Å². The van der Waals surface area contributed by atoms with E-state index in [2.05, 4.69) is 81.5 Å². The van der Waals surface area contributed by atoms with Gasteiger partial charge in [0.05, 0.1) is 0 Å². The number of carbonyl (C=O) groups excluding carboxylic acids is 3. The maximum absolute atomic E-state index is 13.0. The third-order valence-electron chi connectivity index (χ3n) is 15.7. The van der Waals surface area contributed by atoms with Crippen molar-refractivity contribution in [3.8, 4) is 0 Å². The Morgan fingerprint density at radius 1 is 0.250 bits per heavy atom. The van der Waals surface area contributed by atoms with Crippen LogP contribution >= 0.6 is 0 Å². The summed E-state index contributed by atoms with van der Waals surface area (Å²) in [5.41, 5.74) is 0. The molecule has 0 fully saturated rings. The van der Waals surface area contributed by atoms with Crippen molar-refractivity contribution in [3.63, 3.8) is 0 Å². The summed E-state index contributed by atoms with van der Waals surface area (Å²) in [6, 6.07) is 0. The molecule has 0 bridgehead atoms. The number of hydrogen-bond donors (Lipinski definition) is 0. The summed E-state index contributed by atoms with van der Waals surface area (Å²) in [5.74, 6) is -0.872. The van der Waals surface area contributed by atoms with Crippen molar-refractivity contribution in [3.05, 3.63) is 60.8 Å². The number of allylic oxidation sites excluding steroid dienone is 10. The Morgan fingerprint density at radius 3 is 0.713 bits per heavy atom. The summed E-state index contributed by atoms with van der Waals surface area (Å²) >= 11 is 0. The van der Waals surface area contributed by atoms with E-state index in [-0.39, 0.29) is 31.1 Å². The molecule has 0 aliphatic heterocycles. The molecular formula is C74H134O6. The van der Waals surface area contributed by atoms with Crippen LogP contribution in [0.2, 0.25) is 0 Å². The highest BCUT2D eigenvalue weighted by Crippen LogP contribution is 2.17. The van der Waals surface area contributed by atoms with Gasteiger partial charge in [0.2, 0.25) is 0 Å². The lowest BCUT2D eigenvalue weighted by Gasteiger charge is -2.18. The molecule has 0 aromatic carbocycles. The smallest absolute Gasteiger partial charge is 0.306 e. The van der Waals surface area contributed by atoms with Crippen LogP contribution in [0.5, 0.6) is 0 Å². The van der Waals surface area contributed by atoms with Crippen molar-refractivity contribution in [1.29, 1.82) is 0 Å². The number of ether oxygens (including phenoxy) is 3. The van der Waals surface area contributed by atoms with Crippen molar-refractivity contribution in [2.24, 2.45) is 0 Å². The molecule has 0 N–H and O–H groups in total. The second kappa shape index (κ2) is 68.6. The van der Waals surface area contributed by atoms with E-state index in [1.165, 1.54) is 250 Å². The summed E-state index contributed by atoms with van der Waals surface area (Å²) in [6.07, 6.45) is 88.1. The van der Waals surface area contributed by atoms with Crippen LogP contribution in [0.3, 0.4) is 0 Å². The number of hydrogen-bond acceptors (Lipinski definition) is 6. The van der Waals surface area contributed by atoms with Crippen molar-refractivity contribution in [2.75, 3.05) is 13.2 Å². The molecule has 466 valence electrons. The van der Waals surface area contributed by atoms with Gasteiger partial charge in [0.25, 0.3) is 0 Å². The minimum atomic E-state index is -0.783. The van der Waals surface area contributed by atoms with Gasteiger partial charge in [-0.1, -0.05) is 306 Å². The Morgan fingerprint density at radius 2 is 0.450 bits per heavy atom. The van der Waals surface area contributed by atoms with Crippen LogP contribution in [-0.4, -0.2) is 37.2 Å². The molecule has 1 unspecified atom stereocenters. The minimum absolute atomic E-state index is 0.0774. The van der Waals surface area contributed by atoms with E-state index >= 15 is 0 Å². The highest BCUT2D eigenvalue weighted by atomic mass is 16.6. The average molecular weight is 1120 g/mol. The Hall–Kier alpha value is -2.89. The normalized spacial score (nSPS) is 12.4. The topological polar surface area (TPSA) is 78.9 Å². The van der Waals surface area contributed by atoms with Gasteiger partial charge in [0.1, 0.15) is 13.2 Å². The van der Waals surface area contributed by atoms with E-state index in [4.69, 9.17) is 14.2 Å². The molecular weight excluding hydrogens is 985 g/mol. The number of unbranched alkanes of at least 4 members (excludes halogenated alkanes) is 44.